The van der Waals surface area contributed by atoms with E-state index in [-0.39, 0.29) is 17.8 Å². The Morgan fingerprint density at radius 3 is 2.52 bits per heavy atom. The monoisotopic (exact) mass is 326 g/mol. The number of carbonyl (C=O) groups excluding carboxylic acids is 1. The summed E-state index contributed by atoms with van der Waals surface area (Å²) in [5.74, 6) is -2.69. The molecule has 1 N–H and O–H groups in total. The van der Waals surface area contributed by atoms with Gasteiger partial charge in [-0.1, -0.05) is 0 Å². The van der Waals surface area contributed by atoms with E-state index in [0.29, 0.717) is 6.41 Å². The SMILES string of the molecule is Fc1cc(F)c2cncn2c1.O=CNCc1ncc(F)cc1F. The van der Waals surface area contributed by atoms with Crippen LogP contribution >= 0.6 is 0 Å². The van der Waals surface area contributed by atoms with Crippen LogP contribution in [0.25, 0.3) is 5.52 Å². The van der Waals surface area contributed by atoms with Crippen molar-refractivity contribution in [2.45, 2.75) is 6.54 Å². The lowest BCUT2D eigenvalue weighted by molar-refractivity contribution is -0.109. The number of fused-ring (bicyclic) bond motifs is 1. The van der Waals surface area contributed by atoms with Crippen molar-refractivity contribution in [3.8, 4) is 0 Å². The van der Waals surface area contributed by atoms with Gasteiger partial charge >= 0.3 is 0 Å². The molecule has 0 saturated heterocycles. The molecule has 3 aromatic rings. The van der Waals surface area contributed by atoms with E-state index in [0.717, 1.165) is 18.3 Å². The molecule has 1 amide bonds. The fourth-order valence-corrected chi connectivity index (χ4v) is 1.67. The van der Waals surface area contributed by atoms with Crippen molar-refractivity contribution in [3.63, 3.8) is 0 Å². The highest BCUT2D eigenvalue weighted by molar-refractivity contribution is 5.46. The topological polar surface area (TPSA) is 59.3 Å². The van der Waals surface area contributed by atoms with Crippen molar-refractivity contribution in [1.29, 1.82) is 0 Å². The van der Waals surface area contributed by atoms with Gasteiger partial charge in [-0.2, -0.15) is 0 Å². The van der Waals surface area contributed by atoms with E-state index >= 15 is 0 Å². The molecule has 0 aromatic carbocycles. The number of hydrogen-bond donors (Lipinski definition) is 1. The Morgan fingerprint density at radius 2 is 1.83 bits per heavy atom. The lowest BCUT2D eigenvalue weighted by Gasteiger charge is -1.99. The van der Waals surface area contributed by atoms with E-state index in [9.17, 15) is 22.4 Å². The van der Waals surface area contributed by atoms with E-state index in [1.54, 1.807) is 0 Å². The van der Waals surface area contributed by atoms with Crippen molar-refractivity contribution in [1.82, 2.24) is 19.7 Å². The number of pyridine rings is 2. The van der Waals surface area contributed by atoms with E-state index in [1.165, 1.54) is 23.1 Å². The molecule has 0 radical (unpaired) electrons. The number of carbonyl (C=O) groups is 1. The third-order valence-corrected chi connectivity index (χ3v) is 2.67. The van der Waals surface area contributed by atoms with Crippen LogP contribution in [0, 0.1) is 23.3 Å². The molecule has 23 heavy (non-hydrogen) atoms. The van der Waals surface area contributed by atoms with Gasteiger partial charge in [0.2, 0.25) is 6.41 Å². The van der Waals surface area contributed by atoms with Crippen LogP contribution in [0.2, 0.25) is 0 Å². The predicted octanol–water partition coefficient (Wildman–Crippen LogP) is 2.22. The average molecular weight is 326 g/mol. The maximum absolute atomic E-state index is 12.8. The van der Waals surface area contributed by atoms with Crippen LogP contribution in [0.1, 0.15) is 5.69 Å². The molecule has 0 saturated carbocycles. The first-order valence-electron chi connectivity index (χ1n) is 6.25. The molecule has 0 bridgehead atoms. The molecule has 0 atom stereocenters. The smallest absolute Gasteiger partial charge is 0.207 e. The standard InChI is InChI=1S/C7H6F2N2O.C7H4F2N2/c8-5-1-6(9)7(11-2-5)3-10-4-12;8-5-1-6(9)7-2-10-4-11(7)3-5/h1-2,4H,3H2,(H,10,12);1-4H. The van der Waals surface area contributed by atoms with E-state index < -0.39 is 23.3 Å². The summed E-state index contributed by atoms with van der Waals surface area (Å²) in [7, 11) is 0. The third kappa shape index (κ3) is 4.25. The Labute approximate surface area is 127 Å². The molecule has 0 fully saturated rings. The summed E-state index contributed by atoms with van der Waals surface area (Å²) in [6, 6.07) is 1.55. The highest BCUT2D eigenvalue weighted by Gasteiger charge is 2.04. The minimum Gasteiger partial charge on any atom is -0.353 e. The van der Waals surface area contributed by atoms with Crippen LogP contribution in [0.3, 0.4) is 0 Å². The molecular weight excluding hydrogens is 316 g/mol. The zero-order valence-electron chi connectivity index (χ0n) is 11.5. The lowest BCUT2D eigenvalue weighted by atomic mass is 10.3. The van der Waals surface area contributed by atoms with Gasteiger partial charge in [-0.25, -0.2) is 22.5 Å². The van der Waals surface area contributed by atoms with Gasteiger partial charge in [0.1, 0.15) is 23.0 Å². The van der Waals surface area contributed by atoms with E-state index in [2.05, 4.69) is 15.3 Å². The van der Waals surface area contributed by atoms with Crippen LogP contribution in [-0.4, -0.2) is 20.8 Å². The normalized spacial score (nSPS) is 10.1. The van der Waals surface area contributed by atoms with Gasteiger partial charge in [0.25, 0.3) is 0 Å². The molecular formula is C14H10F4N4O. The van der Waals surface area contributed by atoms with E-state index in [4.69, 9.17) is 0 Å². The first kappa shape index (κ1) is 16.4. The van der Waals surface area contributed by atoms with E-state index in [1.807, 2.05) is 0 Å². The summed E-state index contributed by atoms with van der Waals surface area (Å²) in [5, 5.41) is 2.22. The summed E-state index contributed by atoms with van der Waals surface area (Å²) in [6.07, 6.45) is 5.18. The molecule has 0 unspecified atom stereocenters. The lowest BCUT2D eigenvalue weighted by Crippen LogP contribution is -2.12. The number of rotatable bonds is 3. The molecule has 0 aliphatic carbocycles. The Balaban J connectivity index is 0.000000167. The third-order valence-electron chi connectivity index (χ3n) is 2.67. The first-order chi connectivity index (χ1) is 11.0. The van der Waals surface area contributed by atoms with Gasteiger partial charge in [0.05, 0.1) is 31.0 Å². The quantitative estimate of drug-likeness (QED) is 0.593. The number of amides is 1. The summed E-state index contributed by atoms with van der Waals surface area (Å²) < 4.78 is 51.6. The second-order valence-electron chi connectivity index (χ2n) is 4.27. The zero-order chi connectivity index (χ0) is 16.8. The Kier molecular flexibility index (Phi) is 5.23. The number of halogens is 4. The number of hydrogen-bond acceptors (Lipinski definition) is 3. The van der Waals surface area contributed by atoms with Gasteiger partial charge < -0.3 is 9.72 Å². The van der Waals surface area contributed by atoms with Crippen molar-refractivity contribution in [3.05, 3.63) is 66.0 Å². The van der Waals surface area contributed by atoms with Gasteiger partial charge in [0, 0.05) is 18.3 Å². The van der Waals surface area contributed by atoms with Crippen molar-refractivity contribution in [2.75, 3.05) is 0 Å². The summed E-state index contributed by atoms with van der Waals surface area (Å²) in [6.45, 7) is -0.0321. The second-order valence-corrected chi connectivity index (χ2v) is 4.27. The molecule has 5 nitrogen and oxygen atoms in total. The number of nitrogens with zero attached hydrogens (tertiary/aromatic N) is 3. The van der Waals surface area contributed by atoms with Gasteiger partial charge in [0.15, 0.2) is 5.82 Å². The molecule has 120 valence electrons. The largest absolute Gasteiger partial charge is 0.353 e. The molecule has 9 heteroatoms. The minimum atomic E-state index is -0.760. The number of nitrogens with one attached hydrogen (secondary N) is 1. The van der Waals surface area contributed by atoms with Crippen LogP contribution < -0.4 is 5.32 Å². The van der Waals surface area contributed by atoms with Crippen LogP contribution in [0.15, 0.2) is 37.1 Å². The van der Waals surface area contributed by atoms with Crippen molar-refractivity contribution in [2.24, 2.45) is 0 Å². The van der Waals surface area contributed by atoms with Crippen molar-refractivity contribution < 1.29 is 22.4 Å². The fraction of sp³-hybridized carbons (Fsp3) is 0.0714. The fourth-order valence-electron chi connectivity index (χ4n) is 1.67. The molecule has 3 rings (SSSR count). The highest BCUT2D eigenvalue weighted by Crippen LogP contribution is 2.09. The summed E-state index contributed by atoms with van der Waals surface area (Å²) in [4.78, 5) is 16.9. The second kappa shape index (κ2) is 7.34. The van der Waals surface area contributed by atoms with Crippen LogP contribution in [-0.2, 0) is 11.3 Å². The maximum atomic E-state index is 12.8. The molecule has 3 aromatic heterocycles. The predicted molar refractivity (Wildman–Crippen MR) is 72.2 cm³/mol. The summed E-state index contributed by atoms with van der Waals surface area (Å²) >= 11 is 0. The van der Waals surface area contributed by atoms with Crippen molar-refractivity contribution >= 4 is 11.9 Å². The molecule has 0 aliphatic rings. The molecule has 3 heterocycles. The summed E-state index contributed by atoms with van der Waals surface area (Å²) in [5.41, 5.74) is 0.301. The van der Waals surface area contributed by atoms with Gasteiger partial charge in [-0.3, -0.25) is 9.78 Å². The number of imidazole rings is 1. The molecule has 0 aliphatic heterocycles. The highest BCUT2D eigenvalue weighted by atomic mass is 19.1. The zero-order valence-corrected chi connectivity index (χ0v) is 11.5. The van der Waals surface area contributed by atoms with Gasteiger partial charge in [-0.15, -0.1) is 0 Å². The average Bonchev–Trinajstić information content (AvgIpc) is 2.96. The molecule has 0 spiro atoms. The van der Waals surface area contributed by atoms with Gasteiger partial charge in [-0.05, 0) is 0 Å². The first-order valence-corrected chi connectivity index (χ1v) is 6.25. The Hall–Kier alpha value is -2.97. The maximum Gasteiger partial charge on any atom is 0.207 e. The Morgan fingerprint density at radius 1 is 1.09 bits per heavy atom. The van der Waals surface area contributed by atoms with Crippen LogP contribution in [0.4, 0.5) is 17.6 Å². The van der Waals surface area contributed by atoms with Crippen LogP contribution in [0.5, 0.6) is 0 Å². The minimum absolute atomic E-state index is 0.0171. The number of aromatic nitrogens is 3. The Bertz CT molecular complexity index is 822.